The lowest BCUT2D eigenvalue weighted by atomic mass is 9.90. The van der Waals surface area contributed by atoms with E-state index in [0.29, 0.717) is 0 Å². The van der Waals surface area contributed by atoms with Crippen molar-refractivity contribution in [3.05, 3.63) is 42.2 Å². The van der Waals surface area contributed by atoms with Gasteiger partial charge in [-0.2, -0.15) is 0 Å². The van der Waals surface area contributed by atoms with Crippen LogP contribution >= 0.6 is 0 Å². The van der Waals surface area contributed by atoms with E-state index in [2.05, 4.69) is 22.0 Å². The van der Waals surface area contributed by atoms with E-state index in [1.165, 1.54) is 12.8 Å². The molecule has 1 saturated heterocycles. The average Bonchev–Trinajstić information content (AvgIpc) is 3.22. The summed E-state index contributed by atoms with van der Waals surface area (Å²) in [4.78, 5) is 6.74. The SMILES string of the molecule is OC1(c2cncc3ccccc23)CCN(C2CC2)C1. The van der Waals surface area contributed by atoms with E-state index in [1.807, 2.05) is 24.5 Å². The highest BCUT2D eigenvalue weighted by Crippen LogP contribution is 2.40. The Hall–Kier alpha value is -1.45. The number of aromatic nitrogens is 1. The third-order valence-corrected chi connectivity index (χ3v) is 4.51. The molecule has 1 saturated carbocycles. The molecule has 0 spiro atoms. The Morgan fingerprint density at radius 3 is 2.89 bits per heavy atom. The van der Waals surface area contributed by atoms with Crippen LogP contribution in [-0.2, 0) is 5.60 Å². The summed E-state index contributed by atoms with van der Waals surface area (Å²) >= 11 is 0. The van der Waals surface area contributed by atoms with Crippen LogP contribution in [0.5, 0.6) is 0 Å². The zero-order chi connectivity index (χ0) is 12.9. The Balaban J connectivity index is 1.77. The van der Waals surface area contributed by atoms with Gasteiger partial charge >= 0.3 is 0 Å². The smallest absolute Gasteiger partial charge is 0.106 e. The monoisotopic (exact) mass is 254 g/mol. The van der Waals surface area contributed by atoms with Crippen LogP contribution in [0.3, 0.4) is 0 Å². The summed E-state index contributed by atoms with van der Waals surface area (Å²) in [7, 11) is 0. The van der Waals surface area contributed by atoms with Gasteiger partial charge in [0.1, 0.15) is 5.60 Å². The maximum Gasteiger partial charge on any atom is 0.106 e. The molecule has 2 aromatic rings. The fraction of sp³-hybridized carbons (Fsp3) is 0.438. The normalized spacial score (nSPS) is 28.1. The van der Waals surface area contributed by atoms with E-state index in [4.69, 9.17) is 0 Å². The molecule has 1 aromatic heterocycles. The van der Waals surface area contributed by atoms with Crippen LogP contribution in [0.15, 0.2) is 36.7 Å². The molecule has 2 aliphatic rings. The highest BCUT2D eigenvalue weighted by atomic mass is 16.3. The van der Waals surface area contributed by atoms with Gasteiger partial charge in [-0.05, 0) is 24.6 Å². The average molecular weight is 254 g/mol. The maximum atomic E-state index is 11.0. The van der Waals surface area contributed by atoms with Crippen molar-refractivity contribution in [1.29, 1.82) is 0 Å². The Kier molecular flexibility index (Phi) is 2.41. The molecule has 0 radical (unpaired) electrons. The zero-order valence-electron chi connectivity index (χ0n) is 10.9. The first kappa shape index (κ1) is 11.4. The van der Waals surface area contributed by atoms with Crippen molar-refractivity contribution >= 4 is 10.8 Å². The summed E-state index contributed by atoms with van der Waals surface area (Å²) in [6.07, 6.45) is 7.13. The molecule has 3 heteroatoms. The van der Waals surface area contributed by atoms with Gasteiger partial charge in [-0.1, -0.05) is 24.3 Å². The van der Waals surface area contributed by atoms with Crippen molar-refractivity contribution in [1.82, 2.24) is 9.88 Å². The second-order valence-electron chi connectivity index (χ2n) is 5.89. The third kappa shape index (κ3) is 1.85. The molecule has 1 aromatic carbocycles. The number of fused-ring (bicyclic) bond motifs is 1. The van der Waals surface area contributed by atoms with Gasteiger partial charge in [0.05, 0.1) is 0 Å². The van der Waals surface area contributed by atoms with Crippen molar-refractivity contribution in [2.75, 3.05) is 13.1 Å². The van der Waals surface area contributed by atoms with Gasteiger partial charge in [0.2, 0.25) is 0 Å². The van der Waals surface area contributed by atoms with Gasteiger partial charge < -0.3 is 5.11 Å². The van der Waals surface area contributed by atoms with E-state index >= 15 is 0 Å². The van der Waals surface area contributed by atoms with Crippen LogP contribution in [-0.4, -0.2) is 34.1 Å². The standard InChI is InChI=1S/C16H18N2O/c19-16(7-8-18(11-16)13-5-6-13)15-10-17-9-12-3-1-2-4-14(12)15/h1-4,9-10,13,19H,5-8,11H2. The molecule has 98 valence electrons. The summed E-state index contributed by atoms with van der Waals surface area (Å²) in [5.41, 5.74) is 0.268. The predicted octanol–water partition coefficient (Wildman–Crippen LogP) is 2.29. The molecule has 0 amide bonds. The Bertz CT molecular complexity index is 618. The lowest BCUT2D eigenvalue weighted by molar-refractivity contribution is 0.0463. The first-order valence-corrected chi connectivity index (χ1v) is 7.06. The first-order valence-electron chi connectivity index (χ1n) is 7.06. The fourth-order valence-electron chi connectivity index (χ4n) is 3.28. The Morgan fingerprint density at radius 2 is 2.05 bits per heavy atom. The molecule has 3 nitrogen and oxygen atoms in total. The molecule has 2 fully saturated rings. The van der Waals surface area contributed by atoms with Crippen molar-refractivity contribution in [3.63, 3.8) is 0 Å². The molecule has 4 rings (SSSR count). The summed E-state index contributed by atoms with van der Waals surface area (Å²) in [6, 6.07) is 8.91. The number of hydrogen-bond donors (Lipinski definition) is 1. The molecule has 1 aliphatic carbocycles. The molecule has 1 atom stereocenters. The number of likely N-dealkylation sites (tertiary alicyclic amines) is 1. The quantitative estimate of drug-likeness (QED) is 0.893. The second-order valence-corrected chi connectivity index (χ2v) is 5.89. The maximum absolute atomic E-state index is 11.0. The van der Waals surface area contributed by atoms with Crippen LogP contribution in [0, 0.1) is 0 Å². The lowest BCUT2D eigenvalue weighted by Gasteiger charge is -2.25. The summed E-state index contributed by atoms with van der Waals surface area (Å²) in [5.74, 6) is 0. The molecule has 1 aliphatic heterocycles. The second kappa shape index (κ2) is 4.02. The number of nitrogens with zero attached hydrogens (tertiary/aromatic N) is 2. The van der Waals surface area contributed by atoms with Gasteiger partial charge in [-0.3, -0.25) is 9.88 Å². The highest BCUT2D eigenvalue weighted by Gasteiger charge is 2.43. The Labute approximate surface area is 112 Å². The predicted molar refractivity (Wildman–Crippen MR) is 74.9 cm³/mol. The van der Waals surface area contributed by atoms with Gasteiger partial charge in [-0.25, -0.2) is 0 Å². The molecular weight excluding hydrogens is 236 g/mol. The van der Waals surface area contributed by atoms with Crippen molar-refractivity contribution in [2.24, 2.45) is 0 Å². The van der Waals surface area contributed by atoms with Crippen LogP contribution < -0.4 is 0 Å². The van der Waals surface area contributed by atoms with E-state index in [-0.39, 0.29) is 0 Å². The van der Waals surface area contributed by atoms with Crippen molar-refractivity contribution in [3.8, 4) is 0 Å². The highest BCUT2D eigenvalue weighted by molar-refractivity contribution is 5.85. The van der Waals surface area contributed by atoms with Gasteiger partial charge in [-0.15, -0.1) is 0 Å². The third-order valence-electron chi connectivity index (χ3n) is 4.51. The number of benzene rings is 1. The van der Waals surface area contributed by atoms with Gasteiger partial charge in [0, 0.05) is 42.5 Å². The summed E-state index contributed by atoms with van der Waals surface area (Å²) in [6.45, 7) is 1.76. The molecule has 1 unspecified atom stereocenters. The fourth-order valence-corrected chi connectivity index (χ4v) is 3.28. The lowest BCUT2D eigenvalue weighted by Crippen LogP contribution is -2.32. The van der Waals surface area contributed by atoms with E-state index < -0.39 is 5.60 Å². The zero-order valence-corrected chi connectivity index (χ0v) is 10.9. The van der Waals surface area contributed by atoms with Gasteiger partial charge in [0.15, 0.2) is 0 Å². The minimum atomic E-state index is -0.726. The Morgan fingerprint density at radius 1 is 1.21 bits per heavy atom. The van der Waals surface area contributed by atoms with Crippen LogP contribution in [0.25, 0.3) is 10.8 Å². The number of hydrogen-bond acceptors (Lipinski definition) is 3. The van der Waals surface area contributed by atoms with Crippen LogP contribution in [0.2, 0.25) is 0 Å². The molecule has 19 heavy (non-hydrogen) atoms. The first-order chi connectivity index (χ1) is 9.26. The summed E-state index contributed by atoms with van der Waals surface area (Å²) in [5, 5.41) is 13.3. The van der Waals surface area contributed by atoms with E-state index in [1.54, 1.807) is 0 Å². The number of pyridine rings is 1. The molecule has 0 bridgehead atoms. The van der Waals surface area contributed by atoms with E-state index in [9.17, 15) is 5.11 Å². The number of β-amino-alcohol motifs (C(OH)–C–C–N with tert-alkyl or cyclic N) is 1. The number of rotatable bonds is 2. The minimum Gasteiger partial charge on any atom is -0.384 e. The van der Waals surface area contributed by atoms with Crippen molar-refractivity contribution in [2.45, 2.75) is 30.9 Å². The van der Waals surface area contributed by atoms with Crippen LogP contribution in [0.1, 0.15) is 24.8 Å². The largest absolute Gasteiger partial charge is 0.384 e. The number of aliphatic hydroxyl groups is 1. The van der Waals surface area contributed by atoms with Crippen LogP contribution in [0.4, 0.5) is 0 Å². The molecule has 2 heterocycles. The molecule has 1 N–H and O–H groups in total. The molecular formula is C16H18N2O. The minimum absolute atomic E-state index is 0.719. The van der Waals surface area contributed by atoms with Crippen molar-refractivity contribution < 1.29 is 5.11 Å². The summed E-state index contributed by atoms with van der Waals surface area (Å²) < 4.78 is 0. The van der Waals surface area contributed by atoms with Gasteiger partial charge in [0.25, 0.3) is 0 Å². The van der Waals surface area contributed by atoms with E-state index in [0.717, 1.165) is 41.9 Å². The topological polar surface area (TPSA) is 36.4 Å².